The predicted molar refractivity (Wildman–Crippen MR) is 75.5 cm³/mol. The highest BCUT2D eigenvalue weighted by atomic mass is 32.2. The van der Waals surface area contributed by atoms with Crippen LogP contribution < -0.4 is 10.6 Å². The van der Waals surface area contributed by atoms with Crippen LogP contribution in [0.3, 0.4) is 0 Å². The molecule has 1 aromatic rings. The number of hydrogen-bond donors (Lipinski definition) is 2. The number of aromatic nitrogens is 1. The Kier molecular flexibility index (Phi) is 3.65. The van der Waals surface area contributed by atoms with E-state index in [9.17, 15) is 0 Å². The third-order valence-corrected chi connectivity index (χ3v) is 4.21. The summed E-state index contributed by atoms with van der Waals surface area (Å²) in [6.07, 6.45) is 1.78. The van der Waals surface area contributed by atoms with E-state index < -0.39 is 0 Å². The van der Waals surface area contributed by atoms with Crippen LogP contribution in [0.5, 0.6) is 0 Å². The molecule has 0 saturated carbocycles. The molecule has 1 fully saturated rings. The maximum absolute atomic E-state index is 8.58. The molecule has 0 bridgehead atoms. The Hall–Kier alpha value is -1.43. The van der Waals surface area contributed by atoms with Crippen LogP contribution in [0, 0.1) is 0 Å². The molecule has 1 saturated heterocycles. The van der Waals surface area contributed by atoms with Crippen LogP contribution in [0.4, 0.5) is 5.69 Å². The molecule has 2 heterocycles. The summed E-state index contributed by atoms with van der Waals surface area (Å²) in [5.41, 5.74) is 7.06. The first-order chi connectivity index (χ1) is 8.52. The summed E-state index contributed by atoms with van der Waals surface area (Å²) in [6, 6.07) is 3.74. The van der Waals surface area contributed by atoms with Gasteiger partial charge in [0.05, 0.1) is 11.9 Å². The first-order valence-electron chi connectivity index (χ1n) is 5.85. The van der Waals surface area contributed by atoms with Gasteiger partial charge in [-0.2, -0.15) is 11.8 Å². The summed E-state index contributed by atoms with van der Waals surface area (Å²) in [7, 11) is 0. The van der Waals surface area contributed by atoms with Crippen molar-refractivity contribution in [1.29, 1.82) is 0 Å². The second-order valence-corrected chi connectivity index (χ2v) is 6.72. The van der Waals surface area contributed by atoms with Gasteiger partial charge < -0.3 is 15.8 Å². The van der Waals surface area contributed by atoms with Crippen LogP contribution >= 0.6 is 11.8 Å². The number of nitrogens with zero attached hydrogens (tertiary/aromatic N) is 3. The molecule has 0 radical (unpaired) electrons. The van der Waals surface area contributed by atoms with Gasteiger partial charge in [-0.3, -0.25) is 4.98 Å². The molecule has 1 aromatic heterocycles. The Balaban J connectivity index is 2.14. The van der Waals surface area contributed by atoms with E-state index in [1.165, 1.54) is 0 Å². The molecule has 5 nitrogen and oxygen atoms in total. The van der Waals surface area contributed by atoms with Crippen LogP contribution in [0.15, 0.2) is 23.5 Å². The van der Waals surface area contributed by atoms with Crippen LogP contribution in [0.1, 0.15) is 19.5 Å². The van der Waals surface area contributed by atoms with Gasteiger partial charge in [-0.25, -0.2) is 0 Å². The number of nitrogens with two attached hydrogens (primary N) is 1. The summed E-state index contributed by atoms with van der Waals surface area (Å²) in [6.45, 7) is 6.53. The van der Waals surface area contributed by atoms with Crippen molar-refractivity contribution in [1.82, 2.24) is 4.98 Å². The second kappa shape index (κ2) is 5.06. The molecule has 18 heavy (non-hydrogen) atoms. The van der Waals surface area contributed by atoms with Crippen molar-refractivity contribution in [2.75, 3.05) is 23.7 Å². The van der Waals surface area contributed by atoms with E-state index in [0.29, 0.717) is 5.69 Å². The molecule has 2 rings (SSSR count). The normalized spacial score (nSPS) is 19.9. The Morgan fingerprint density at radius 2 is 2.33 bits per heavy atom. The van der Waals surface area contributed by atoms with Gasteiger partial charge >= 0.3 is 0 Å². The summed E-state index contributed by atoms with van der Waals surface area (Å²) in [4.78, 5) is 6.53. The van der Waals surface area contributed by atoms with E-state index in [-0.39, 0.29) is 10.6 Å². The Bertz CT molecular complexity index is 444. The fraction of sp³-hybridized carbons (Fsp3) is 0.500. The molecule has 1 aliphatic rings. The zero-order valence-corrected chi connectivity index (χ0v) is 11.4. The number of rotatable bonds is 2. The van der Waals surface area contributed by atoms with Gasteiger partial charge in [-0.1, -0.05) is 5.16 Å². The minimum Gasteiger partial charge on any atom is -0.409 e. The first-order valence-corrected chi connectivity index (χ1v) is 6.83. The van der Waals surface area contributed by atoms with Crippen molar-refractivity contribution < 1.29 is 5.21 Å². The van der Waals surface area contributed by atoms with Gasteiger partial charge in [0.1, 0.15) is 5.69 Å². The zero-order chi connectivity index (χ0) is 13.2. The standard InChI is InChI=1S/C12H18N4OS/c1-12(2)8-16(5-6-18-12)9-3-4-10(14-7-9)11(13)15-17/h3-4,7,17H,5-6,8H2,1-2H3,(H2,13,15). The molecule has 0 aromatic carbocycles. The highest BCUT2D eigenvalue weighted by Gasteiger charge is 2.27. The van der Waals surface area contributed by atoms with E-state index in [1.54, 1.807) is 12.3 Å². The van der Waals surface area contributed by atoms with Crippen molar-refractivity contribution in [2.24, 2.45) is 10.9 Å². The lowest BCUT2D eigenvalue weighted by molar-refractivity contribution is 0.318. The Morgan fingerprint density at radius 3 is 2.89 bits per heavy atom. The van der Waals surface area contributed by atoms with Gasteiger partial charge in [-0.15, -0.1) is 0 Å². The average Bonchev–Trinajstić information content (AvgIpc) is 2.37. The molecule has 3 N–H and O–H groups in total. The second-order valence-electron chi connectivity index (χ2n) is 4.92. The number of pyridine rings is 1. The lowest BCUT2D eigenvalue weighted by atomic mass is 10.1. The quantitative estimate of drug-likeness (QED) is 0.367. The van der Waals surface area contributed by atoms with Gasteiger partial charge in [0, 0.05) is 23.6 Å². The molecular weight excluding hydrogens is 248 g/mol. The monoisotopic (exact) mass is 266 g/mol. The van der Waals surface area contributed by atoms with Crippen LogP contribution in [-0.4, -0.2) is 39.6 Å². The maximum atomic E-state index is 8.58. The number of thioether (sulfide) groups is 1. The van der Waals surface area contributed by atoms with E-state index in [2.05, 4.69) is 28.9 Å². The van der Waals surface area contributed by atoms with E-state index in [1.807, 2.05) is 17.8 Å². The van der Waals surface area contributed by atoms with E-state index in [0.717, 1.165) is 24.5 Å². The minimum absolute atomic E-state index is 0.0380. The molecule has 1 aliphatic heterocycles. The Morgan fingerprint density at radius 1 is 1.56 bits per heavy atom. The molecule has 0 atom stereocenters. The molecule has 0 amide bonds. The van der Waals surface area contributed by atoms with Crippen molar-refractivity contribution in [3.8, 4) is 0 Å². The van der Waals surface area contributed by atoms with Crippen LogP contribution in [-0.2, 0) is 0 Å². The van der Waals surface area contributed by atoms with Crippen molar-refractivity contribution in [2.45, 2.75) is 18.6 Å². The number of anilines is 1. The van der Waals surface area contributed by atoms with Gasteiger partial charge in [0.2, 0.25) is 0 Å². The lowest BCUT2D eigenvalue weighted by Crippen LogP contribution is -2.43. The smallest absolute Gasteiger partial charge is 0.188 e. The average molecular weight is 266 g/mol. The van der Waals surface area contributed by atoms with Crippen molar-refractivity contribution in [3.63, 3.8) is 0 Å². The zero-order valence-electron chi connectivity index (χ0n) is 10.6. The molecule has 0 unspecified atom stereocenters. The minimum atomic E-state index is 0.0380. The Labute approximate surface area is 111 Å². The number of amidine groups is 1. The summed E-state index contributed by atoms with van der Waals surface area (Å²) in [5.74, 6) is 1.16. The van der Waals surface area contributed by atoms with Crippen LogP contribution in [0.2, 0.25) is 0 Å². The largest absolute Gasteiger partial charge is 0.409 e. The predicted octanol–water partition coefficient (Wildman–Crippen LogP) is 1.51. The molecule has 0 aliphatic carbocycles. The highest BCUT2D eigenvalue weighted by molar-refractivity contribution is 8.00. The third kappa shape index (κ3) is 2.87. The first kappa shape index (κ1) is 13.0. The topological polar surface area (TPSA) is 74.7 Å². The van der Waals surface area contributed by atoms with Crippen molar-refractivity contribution in [3.05, 3.63) is 24.0 Å². The number of hydrogen-bond acceptors (Lipinski definition) is 5. The molecular formula is C12H18N4OS. The maximum Gasteiger partial charge on any atom is 0.188 e. The van der Waals surface area contributed by atoms with Crippen molar-refractivity contribution >= 4 is 23.3 Å². The highest BCUT2D eigenvalue weighted by Crippen LogP contribution is 2.31. The molecule has 6 heteroatoms. The molecule has 98 valence electrons. The van der Waals surface area contributed by atoms with Gasteiger partial charge in [-0.05, 0) is 26.0 Å². The summed E-state index contributed by atoms with van der Waals surface area (Å²) < 4.78 is 0.266. The van der Waals surface area contributed by atoms with Crippen LogP contribution in [0.25, 0.3) is 0 Å². The molecule has 0 spiro atoms. The summed E-state index contributed by atoms with van der Waals surface area (Å²) in [5, 5.41) is 11.5. The SMILES string of the molecule is CC1(C)CN(c2ccc(/C(N)=N/O)nc2)CCS1. The number of oxime groups is 1. The summed E-state index contributed by atoms with van der Waals surface area (Å²) >= 11 is 2.00. The fourth-order valence-corrected chi connectivity index (χ4v) is 3.12. The van der Waals surface area contributed by atoms with E-state index >= 15 is 0 Å². The van der Waals surface area contributed by atoms with E-state index in [4.69, 9.17) is 10.9 Å². The fourth-order valence-electron chi connectivity index (χ4n) is 2.01. The lowest BCUT2D eigenvalue weighted by Gasteiger charge is -2.38. The third-order valence-electron chi connectivity index (χ3n) is 2.91. The van der Waals surface area contributed by atoms with Gasteiger partial charge in [0.25, 0.3) is 0 Å². The van der Waals surface area contributed by atoms with Gasteiger partial charge in [0.15, 0.2) is 5.84 Å².